The zero-order valence-electron chi connectivity index (χ0n) is 15.4. The number of alkyl halides is 5. The highest BCUT2D eigenvalue weighted by molar-refractivity contribution is 7.99. The highest BCUT2D eigenvalue weighted by Gasteiger charge is 2.31. The van der Waals surface area contributed by atoms with Gasteiger partial charge in [0.05, 0.1) is 16.3 Å². The van der Waals surface area contributed by atoms with Gasteiger partial charge in [0.25, 0.3) is 4.52 Å². The van der Waals surface area contributed by atoms with Gasteiger partial charge in [-0.15, -0.1) is 11.8 Å². The number of ether oxygens (including phenoxy) is 1. The van der Waals surface area contributed by atoms with Crippen molar-refractivity contribution >= 4 is 63.9 Å². The van der Waals surface area contributed by atoms with Crippen molar-refractivity contribution in [3.05, 3.63) is 64.3 Å². The summed E-state index contributed by atoms with van der Waals surface area (Å²) in [6.45, 7) is 0. The molecular formula is C19H13Cl4F3N2O2S. The fraction of sp³-hybridized carbons (Fsp3) is 0.263. The Morgan fingerprint density at radius 1 is 1.23 bits per heavy atom. The van der Waals surface area contributed by atoms with Gasteiger partial charge >= 0.3 is 6.18 Å². The van der Waals surface area contributed by atoms with Crippen molar-refractivity contribution in [2.24, 2.45) is 5.16 Å². The third-order valence-corrected chi connectivity index (χ3v) is 5.58. The Bertz CT molecular complexity index is 981. The van der Waals surface area contributed by atoms with Crippen LogP contribution in [0.25, 0.3) is 0 Å². The summed E-state index contributed by atoms with van der Waals surface area (Å²) in [6, 6.07) is 9.22. The minimum absolute atomic E-state index is 0.141. The first-order valence-corrected chi connectivity index (χ1v) is 11.1. The maximum Gasteiger partial charge on any atom is 0.417 e. The van der Waals surface area contributed by atoms with Gasteiger partial charge < -0.3 is 9.57 Å². The number of hydrogen-bond acceptors (Lipinski definition) is 5. The number of rotatable bonds is 7. The Labute approximate surface area is 200 Å². The lowest BCUT2D eigenvalue weighted by Gasteiger charge is -2.18. The van der Waals surface area contributed by atoms with E-state index in [1.54, 1.807) is 18.2 Å². The number of hydrogen-bond donors (Lipinski definition) is 0. The quantitative estimate of drug-likeness (QED) is 0.279. The van der Waals surface area contributed by atoms with E-state index in [1.807, 2.05) is 6.07 Å². The molecule has 0 radical (unpaired) electrons. The average Bonchev–Trinajstić information content (AvgIpc) is 3.14. The van der Waals surface area contributed by atoms with Gasteiger partial charge in [-0.05, 0) is 24.3 Å². The molecule has 1 atom stereocenters. The van der Waals surface area contributed by atoms with Gasteiger partial charge in [0.15, 0.2) is 0 Å². The average molecular weight is 532 g/mol. The first-order chi connectivity index (χ1) is 14.5. The maximum atomic E-state index is 12.6. The molecule has 0 N–H and O–H groups in total. The third-order valence-electron chi connectivity index (χ3n) is 3.91. The molecule has 0 aliphatic carbocycles. The van der Waals surface area contributed by atoms with Crippen molar-refractivity contribution in [2.45, 2.75) is 28.2 Å². The molecule has 0 saturated heterocycles. The zero-order valence-corrected chi connectivity index (χ0v) is 19.2. The highest BCUT2D eigenvalue weighted by atomic mass is 35.5. The van der Waals surface area contributed by atoms with Crippen LogP contribution < -0.4 is 4.74 Å². The van der Waals surface area contributed by atoms with E-state index in [-0.39, 0.29) is 10.6 Å². The van der Waals surface area contributed by atoms with Gasteiger partial charge in [-0.2, -0.15) is 13.2 Å². The molecule has 2 heterocycles. The van der Waals surface area contributed by atoms with Crippen LogP contribution in [-0.4, -0.2) is 27.1 Å². The molecule has 1 aliphatic heterocycles. The van der Waals surface area contributed by atoms with Gasteiger partial charge in [0, 0.05) is 30.0 Å². The largest absolute Gasteiger partial charge is 0.454 e. The topological polar surface area (TPSA) is 43.7 Å². The van der Waals surface area contributed by atoms with Crippen LogP contribution >= 0.6 is 58.2 Å². The standard InChI is InChI=1S/C19H13Cl4F3N2O2S/c20-16(21)8-18(22,23)29-13-3-1-2-11(6-13)15-7-14(30-28-15)10-31-17-5-4-12(9-27-17)19(24,25)26/h1-6,8-9,14H,7,10H2. The lowest BCUT2D eigenvalue weighted by molar-refractivity contribution is -0.137. The number of benzene rings is 1. The van der Waals surface area contributed by atoms with E-state index in [2.05, 4.69) is 10.1 Å². The Morgan fingerprint density at radius 2 is 2.00 bits per heavy atom. The van der Waals surface area contributed by atoms with Crippen molar-refractivity contribution < 1.29 is 22.7 Å². The van der Waals surface area contributed by atoms with Crippen LogP contribution in [0, 0.1) is 0 Å². The minimum atomic E-state index is -4.41. The van der Waals surface area contributed by atoms with Crippen LogP contribution in [0.1, 0.15) is 17.5 Å². The number of pyridine rings is 1. The molecule has 1 aromatic heterocycles. The Balaban J connectivity index is 1.56. The second-order valence-corrected chi connectivity index (χ2v) is 9.65. The molecule has 0 spiro atoms. The first kappa shape index (κ1) is 24.3. The van der Waals surface area contributed by atoms with Crippen LogP contribution in [0.3, 0.4) is 0 Å². The molecule has 166 valence electrons. The number of nitrogens with zero attached hydrogens (tertiary/aromatic N) is 2. The monoisotopic (exact) mass is 530 g/mol. The second kappa shape index (κ2) is 10.1. The summed E-state index contributed by atoms with van der Waals surface area (Å²) in [5.41, 5.74) is 0.628. The molecule has 3 rings (SSSR count). The molecule has 0 fully saturated rings. The lowest BCUT2D eigenvalue weighted by Crippen LogP contribution is -2.19. The summed E-state index contributed by atoms with van der Waals surface area (Å²) in [6.07, 6.45) is -2.23. The number of halogens is 7. The normalized spacial score (nSPS) is 16.5. The molecule has 2 aromatic rings. The SMILES string of the molecule is FC(F)(F)c1ccc(SCC2CC(c3cccc(OC(Cl)(Cl)C=C(Cl)Cl)c3)=NO2)nc1. The number of aromatic nitrogens is 1. The second-order valence-electron chi connectivity index (χ2n) is 6.29. The molecule has 4 nitrogen and oxygen atoms in total. The van der Waals surface area contributed by atoms with Crippen LogP contribution in [0.2, 0.25) is 0 Å². The fourth-order valence-electron chi connectivity index (χ4n) is 2.55. The van der Waals surface area contributed by atoms with Crippen LogP contribution in [-0.2, 0) is 11.0 Å². The van der Waals surface area contributed by atoms with Crippen molar-refractivity contribution in [2.75, 3.05) is 5.75 Å². The van der Waals surface area contributed by atoms with Crippen molar-refractivity contribution in [1.82, 2.24) is 4.98 Å². The van der Waals surface area contributed by atoms with Gasteiger partial charge in [0.2, 0.25) is 0 Å². The minimum Gasteiger partial charge on any atom is -0.454 e. The van der Waals surface area contributed by atoms with Crippen molar-refractivity contribution in [1.29, 1.82) is 0 Å². The maximum absolute atomic E-state index is 12.6. The Morgan fingerprint density at radius 3 is 2.65 bits per heavy atom. The molecule has 1 aliphatic rings. The van der Waals surface area contributed by atoms with E-state index in [4.69, 9.17) is 56.0 Å². The van der Waals surface area contributed by atoms with Crippen LogP contribution in [0.4, 0.5) is 13.2 Å². The molecule has 1 unspecified atom stereocenters. The summed E-state index contributed by atoms with van der Waals surface area (Å²) in [7, 11) is 0. The highest BCUT2D eigenvalue weighted by Crippen LogP contribution is 2.32. The van der Waals surface area contributed by atoms with Crippen LogP contribution in [0.5, 0.6) is 5.75 Å². The summed E-state index contributed by atoms with van der Waals surface area (Å²) in [4.78, 5) is 9.27. The summed E-state index contributed by atoms with van der Waals surface area (Å²) < 4.78 is 41.4. The van der Waals surface area contributed by atoms with Gasteiger partial charge in [0.1, 0.15) is 16.3 Å². The Kier molecular flexibility index (Phi) is 7.91. The lowest BCUT2D eigenvalue weighted by atomic mass is 10.1. The fourth-order valence-corrected chi connectivity index (χ4v) is 4.31. The van der Waals surface area contributed by atoms with Crippen LogP contribution in [0.15, 0.2) is 63.3 Å². The first-order valence-electron chi connectivity index (χ1n) is 8.62. The Hall–Kier alpha value is -1.32. The number of thioether (sulfide) groups is 1. The summed E-state index contributed by atoms with van der Waals surface area (Å²) in [5, 5.41) is 4.56. The zero-order chi connectivity index (χ0) is 22.6. The van der Waals surface area contributed by atoms with E-state index >= 15 is 0 Å². The van der Waals surface area contributed by atoms with Gasteiger partial charge in [-0.25, -0.2) is 4.98 Å². The predicted octanol–water partition coefficient (Wildman–Crippen LogP) is 7.21. The molecule has 31 heavy (non-hydrogen) atoms. The molecule has 0 amide bonds. The van der Waals surface area contributed by atoms with E-state index in [0.717, 1.165) is 23.9 Å². The van der Waals surface area contributed by atoms with Crippen molar-refractivity contribution in [3.63, 3.8) is 0 Å². The summed E-state index contributed by atoms with van der Waals surface area (Å²) >= 11 is 24.4. The van der Waals surface area contributed by atoms with E-state index in [1.165, 1.54) is 17.8 Å². The van der Waals surface area contributed by atoms with Crippen molar-refractivity contribution in [3.8, 4) is 5.75 Å². The van der Waals surface area contributed by atoms with E-state index in [9.17, 15) is 13.2 Å². The summed E-state index contributed by atoms with van der Waals surface area (Å²) in [5.74, 6) is 0.829. The smallest absolute Gasteiger partial charge is 0.417 e. The van der Waals surface area contributed by atoms with Gasteiger partial charge in [-0.1, -0.05) is 63.7 Å². The molecular weight excluding hydrogens is 519 g/mol. The molecule has 0 saturated carbocycles. The van der Waals surface area contributed by atoms with E-state index in [0.29, 0.717) is 28.7 Å². The third kappa shape index (κ3) is 7.36. The van der Waals surface area contributed by atoms with E-state index < -0.39 is 16.3 Å². The predicted molar refractivity (Wildman–Crippen MR) is 117 cm³/mol. The molecule has 12 heteroatoms. The molecule has 1 aromatic carbocycles. The number of oxime groups is 1. The molecule has 0 bridgehead atoms. The van der Waals surface area contributed by atoms with Gasteiger partial charge in [-0.3, -0.25) is 0 Å².